The van der Waals surface area contributed by atoms with Gasteiger partial charge in [0.25, 0.3) is 5.91 Å². The minimum atomic E-state index is -0.449. The molecule has 1 N–H and O–H groups in total. The van der Waals surface area contributed by atoms with Gasteiger partial charge in [-0.3, -0.25) is 4.79 Å². The van der Waals surface area contributed by atoms with E-state index in [4.69, 9.17) is 4.74 Å². The summed E-state index contributed by atoms with van der Waals surface area (Å²) in [6, 6.07) is 16.2. The number of carbonyl (C=O) groups is 1. The predicted octanol–water partition coefficient (Wildman–Crippen LogP) is 4.04. The van der Waals surface area contributed by atoms with Gasteiger partial charge in [0.1, 0.15) is 5.75 Å². The van der Waals surface area contributed by atoms with Crippen molar-refractivity contribution in [3.05, 3.63) is 65.2 Å². The van der Waals surface area contributed by atoms with E-state index in [1.54, 1.807) is 0 Å². The molecule has 0 bridgehead atoms. The number of aryl methyl sites for hydroxylation is 2. The second-order valence-electron chi connectivity index (χ2n) is 6.36. The molecular weight excluding hydrogens is 298 g/mol. The van der Waals surface area contributed by atoms with Gasteiger partial charge in [0.2, 0.25) is 0 Å². The number of carbonyl (C=O) groups excluding carboxylic acids is 1. The second kappa shape index (κ2) is 8.00. The topological polar surface area (TPSA) is 38.3 Å². The summed E-state index contributed by atoms with van der Waals surface area (Å²) in [5, 5.41) is 2.97. The molecule has 0 heterocycles. The second-order valence-corrected chi connectivity index (χ2v) is 6.36. The number of fused-ring (bicyclic) bond motifs is 1. The summed E-state index contributed by atoms with van der Waals surface area (Å²) in [4.78, 5) is 12.4. The van der Waals surface area contributed by atoms with Crippen LogP contribution in [0, 0.1) is 0 Å². The molecule has 3 heteroatoms. The molecule has 0 saturated heterocycles. The Morgan fingerprint density at radius 1 is 1.08 bits per heavy atom. The van der Waals surface area contributed by atoms with Gasteiger partial charge in [-0.1, -0.05) is 43.3 Å². The van der Waals surface area contributed by atoms with Crippen LogP contribution in [0.4, 0.5) is 0 Å². The first kappa shape index (κ1) is 16.6. The summed E-state index contributed by atoms with van der Waals surface area (Å²) in [5.41, 5.74) is 3.89. The monoisotopic (exact) mass is 323 g/mol. The lowest BCUT2D eigenvalue weighted by Crippen LogP contribution is -2.37. The van der Waals surface area contributed by atoms with Gasteiger partial charge in [0.15, 0.2) is 6.10 Å². The van der Waals surface area contributed by atoms with Gasteiger partial charge in [-0.15, -0.1) is 0 Å². The van der Waals surface area contributed by atoms with Gasteiger partial charge >= 0.3 is 0 Å². The van der Waals surface area contributed by atoms with Crippen molar-refractivity contribution in [2.24, 2.45) is 0 Å². The Balaban J connectivity index is 1.60. The summed E-state index contributed by atoms with van der Waals surface area (Å²) < 4.78 is 5.97. The van der Waals surface area contributed by atoms with E-state index in [0.717, 1.165) is 24.2 Å². The fourth-order valence-electron chi connectivity index (χ4n) is 3.17. The summed E-state index contributed by atoms with van der Waals surface area (Å²) >= 11 is 0. The van der Waals surface area contributed by atoms with Gasteiger partial charge in [-0.2, -0.15) is 0 Å². The molecule has 2 aromatic rings. The molecule has 24 heavy (non-hydrogen) atoms. The van der Waals surface area contributed by atoms with E-state index in [9.17, 15) is 4.79 Å². The van der Waals surface area contributed by atoms with E-state index < -0.39 is 6.10 Å². The van der Waals surface area contributed by atoms with E-state index in [0.29, 0.717) is 13.0 Å². The van der Waals surface area contributed by atoms with Crippen LogP contribution in [-0.4, -0.2) is 12.0 Å². The summed E-state index contributed by atoms with van der Waals surface area (Å²) in [6.45, 7) is 2.51. The summed E-state index contributed by atoms with van der Waals surface area (Å²) in [5.74, 6) is 0.747. The van der Waals surface area contributed by atoms with Gasteiger partial charge in [0, 0.05) is 6.54 Å². The Bertz CT molecular complexity index is 681. The number of ether oxygens (including phenoxy) is 1. The minimum absolute atomic E-state index is 0.0564. The molecule has 1 aliphatic carbocycles. The number of nitrogens with one attached hydrogen (secondary N) is 1. The van der Waals surface area contributed by atoms with Crippen LogP contribution in [0.5, 0.6) is 5.75 Å². The Morgan fingerprint density at radius 2 is 1.83 bits per heavy atom. The average Bonchev–Trinajstić information content (AvgIpc) is 2.65. The number of benzene rings is 2. The molecule has 0 saturated carbocycles. The van der Waals surface area contributed by atoms with Crippen molar-refractivity contribution in [1.29, 1.82) is 0 Å². The number of hydrogen-bond donors (Lipinski definition) is 1. The Labute approximate surface area is 144 Å². The largest absolute Gasteiger partial charge is 0.481 e. The van der Waals surface area contributed by atoms with Crippen LogP contribution < -0.4 is 10.1 Å². The molecular formula is C21H25NO2. The summed E-state index contributed by atoms with van der Waals surface area (Å²) in [6.07, 6.45) is 4.99. The van der Waals surface area contributed by atoms with Crippen LogP contribution in [0.25, 0.3) is 0 Å². The maximum Gasteiger partial charge on any atom is 0.261 e. The average molecular weight is 323 g/mol. The van der Waals surface area contributed by atoms with Crippen LogP contribution in [-0.2, 0) is 24.2 Å². The lowest BCUT2D eigenvalue weighted by Gasteiger charge is -2.20. The molecule has 0 spiro atoms. The molecule has 1 unspecified atom stereocenters. The Hall–Kier alpha value is -2.29. The van der Waals surface area contributed by atoms with Crippen LogP contribution in [0.2, 0.25) is 0 Å². The quantitative estimate of drug-likeness (QED) is 0.871. The predicted molar refractivity (Wildman–Crippen MR) is 96.1 cm³/mol. The van der Waals surface area contributed by atoms with Crippen molar-refractivity contribution in [1.82, 2.24) is 5.32 Å². The maximum atomic E-state index is 12.4. The van der Waals surface area contributed by atoms with Crippen molar-refractivity contribution < 1.29 is 9.53 Å². The van der Waals surface area contributed by atoms with Crippen molar-refractivity contribution in [3.63, 3.8) is 0 Å². The third kappa shape index (κ3) is 4.16. The standard InChI is InChI=1S/C21H25NO2/c1-2-20(21(23)22-15-16-8-4-3-5-9-16)24-19-13-12-17-10-6-7-11-18(17)14-19/h3-5,8-9,12-14,20H,2,6-7,10-11,15H2,1H3,(H,22,23). The lowest BCUT2D eigenvalue weighted by molar-refractivity contribution is -0.128. The molecule has 0 aromatic heterocycles. The minimum Gasteiger partial charge on any atom is -0.481 e. The Morgan fingerprint density at radius 3 is 2.58 bits per heavy atom. The zero-order valence-electron chi connectivity index (χ0n) is 14.3. The van der Waals surface area contributed by atoms with Gasteiger partial charge in [-0.25, -0.2) is 0 Å². The zero-order valence-corrected chi connectivity index (χ0v) is 14.3. The molecule has 1 aliphatic rings. The highest BCUT2D eigenvalue weighted by Crippen LogP contribution is 2.26. The molecule has 3 rings (SSSR count). The molecule has 0 aliphatic heterocycles. The normalized spacial score (nSPS) is 14.5. The van der Waals surface area contributed by atoms with Crippen molar-refractivity contribution >= 4 is 5.91 Å². The van der Waals surface area contributed by atoms with Crippen LogP contribution in [0.15, 0.2) is 48.5 Å². The highest BCUT2D eigenvalue weighted by atomic mass is 16.5. The molecule has 1 atom stereocenters. The number of amides is 1. The van der Waals surface area contributed by atoms with Crippen molar-refractivity contribution in [3.8, 4) is 5.75 Å². The van der Waals surface area contributed by atoms with E-state index in [1.165, 1.54) is 24.0 Å². The fraction of sp³-hybridized carbons (Fsp3) is 0.381. The fourth-order valence-corrected chi connectivity index (χ4v) is 3.17. The van der Waals surface area contributed by atoms with Gasteiger partial charge < -0.3 is 10.1 Å². The van der Waals surface area contributed by atoms with E-state index in [2.05, 4.69) is 17.4 Å². The molecule has 1 amide bonds. The molecule has 0 fully saturated rings. The Kier molecular flexibility index (Phi) is 5.52. The number of rotatable bonds is 6. The highest BCUT2D eigenvalue weighted by Gasteiger charge is 2.19. The first-order valence-electron chi connectivity index (χ1n) is 8.86. The van der Waals surface area contributed by atoms with E-state index >= 15 is 0 Å². The lowest BCUT2D eigenvalue weighted by atomic mass is 9.92. The van der Waals surface area contributed by atoms with E-state index in [1.807, 2.05) is 43.3 Å². The number of hydrogen-bond acceptors (Lipinski definition) is 2. The third-order valence-corrected chi connectivity index (χ3v) is 4.57. The van der Waals surface area contributed by atoms with Crippen LogP contribution in [0.1, 0.15) is 42.9 Å². The first-order chi connectivity index (χ1) is 11.8. The SMILES string of the molecule is CCC(Oc1ccc2c(c1)CCCC2)C(=O)NCc1ccccc1. The van der Waals surface area contributed by atoms with Crippen LogP contribution in [0.3, 0.4) is 0 Å². The molecule has 2 aromatic carbocycles. The molecule has 3 nitrogen and oxygen atoms in total. The third-order valence-electron chi connectivity index (χ3n) is 4.57. The first-order valence-corrected chi connectivity index (χ1v) is 8.86. The smallest absolute Gasteiger partial charge is 0.261 e. The highest BCUT2D eigenvalue weighted by molar-refractivity contribution is 5.81. The zero-order chi connectivity index (χ0) is 16.8. The van der Waals surface area contributed by atoms with Gasteiger partial charge in [-0.05, 0) is 60.9 Å². The van der Waals surface area contributed by atoms with Crippen molar-refractivity contribution in [2.75, 3.05) is 0 Å². The van der Waals surface area contributed by atoms with Crippen LogP contribution >= 0.6 is 0 Å². The van der Waals surface area contributed by atoms with E-state index in [-0.39, 0.29) is 5.91 Å². The molecule has 126 valence electrons. The molecule has 0 radical (unpaired) electrons. The maximum absolute atomic E-state index is 12.4. The van der Waals surface area contributed by atoms with Gasteiger partial charge in [0.05, 0.1) is 0 Å². The van der Waals surface area contributed by atoms with Crippen molar-refractivity contribution in [2.45, 2.75) is 51.7 Å². The summed E-state index contributed by atoms with van der Waals surface area (Å²) in [7, 11) is 0.